The van der Waals surface area contributed by atoms with Crippen molar-refractivity contribution >= 4 is 23.2 Å². The SMILES string of the molecule is Cc1cc([N+](=O)[O-])c(-c2ccc(C(N)=O)o2)cc1Cl. The predicted molar refractivity (Wildman–Crippen MR) is 69.1 cm³/mol. The smallest absolute Gasteiger partial charge is 0.284 e. The molecule has 0 aliphatic carbocycles. The molecule has 0 fully saturated rings. The number of nitrogens with zero attached hydrogens (tertiary/aromatic N) is 1. The molecule has 0 aliphatic rings. The minimum absolute atomic E-state index is 0.0685. The molecule has 7 heteroatoms. The lowest BCUT2D eigenvalue weighted by Gasteiger charge is -2.03. The quantitative estimate of drug-likeness (QED) is 0.690. The molecule has 0 radical (unpaired) electrons. The second kappa shape index (κ2) is 4.74. The molecule has 2 rings (SSSR count). The van der Waals surface area contributed by atoms with Crippen LogP contribution in [-0.2, 0) is 0 Å². The molecule has 2 N–H and O–H groups in total. The van der Waals surface area contributed by atoms with Gasteiger partial charge in [0.15, 0.2) is 5.76 Å². The summed E-state index contributed by atoms with van der Waals surface area (Å²) < 4.78 is 5.18. The van der Waals surface area contributed by atoms with E-state index in [0.717, 1.165) is 0 Å². The highest BCUT2D eigenvalue weighted by Gasteiger charge is 2.21. The summed E-state index contributed by atoms with van der Waals surface area (Å²) in [4.78, 5) is 21.4. The van der Waals surface area contributed by atoms with Crippen molar-refractivity contribution in [3.63, 3.8) is 0 Å². The number of nitrogens with two attached hydrogens (primary N) is 1. The first-order valence-electron chi connectivity index (χ1n) is 5.24. The van der Waals surface area contributed by atoms with E-state index in [2.05, 4.69) is 0 Å². The number of furan rings is 1. The molecule has 1 amide bonds. The molecule has 19 heavy (non-hydrogen) atoms. The molecule has 0 saturated heterocycles. The molecule has 0 aliphatic heterocycles. The van der Waals surface area contributed by atoms with Crippen LogP contribution in [0.25, 0.3) is 11.3 Å². The number of halogens is 1. The molecular formula is C12H9ClN2O4. The van der Waals surface area contributed by atoms with Gasteiger partial charge < -0.3 is 10.2 Å². The van der Waals surface area contributed by atoms with Gasteiger partial charge in [-0.05, 0) is 30.7 Å². The van der Waals surface area contributed by atoms with Crippen molar-refractivity contribution in [1.82, 2.24) is 0 Å². The van der Waals surface area contributed by atoms with E-state index in [0.29, 0.717) is 10.6 Å². The van der Waals surface area contributed by atoms with Gasteiger partial charge in [0.2, 0.25) is 0 Å². The van der Waals surface area contributed by atoms with Gasteiger partial charge in [0.05, 0.1) is 10.5 Å². The molecular weight excluding hydrogens is 272 g/mol. The molecule has 0 atom stereocenters. The maximum absolute atomic E-state index is 11.0. The lowest BCUT2D eigenvalue weighted by atomic mass is 10.1. The maximum atomic E-state index is 11.0. The molecule has 1 heterocycles. The third-order valence-corrected chi connectivity index (χ3v) is 3.00. The summed E-state index contributed by atoms with van der Waals surface area (Å²) in [6.45, 7) is 1.66. The highest BCUT2D eigenvalue weighted by atomic mass is 35.5. The van der Waals surface area contributed by atoms with Gasteiger partial charge in [-0.15, -0.1) is 0 Å². The van der Waals surface area contributed by atoms with Crippen molar-refractivity contribution in [2.75, 3.05) is 0 Å². The number of benzene rings is 1. The second-order valence-corrected chi connectivity index (χ2v) is 4.31. The van der Waals surface area contributed by atoms with Gasteiger partial charge in [0, 0.05) is 11.1 Å². The fraction of sp³-hybridized carbons (Fsp3) is 0.0833. The molecule has 1 aromatic carbocycles. The Morgan fingerprint density at radius 2 is 2.11 bits per heavy atom. The fourth-order valence-electron chi connectivity index (χ4n) is 1.63. The van der Waals surface area contributed by atoms with Crippen molar-refractivity contribution in [2.45, 2.75) is 6.92 Å². The average Bonchev–Trinajstić information content (AvgIpc) is 2.81. The number of nitro benzene ring substituents is 1. The van der Waals surface area contributed by atoms with E-state index in [-0.39, 0.29) is 22.8 Å². The van der Waals surface area contributed by atoms with Crippen LogP contribution in [0.5, 0.6) is 0 Å². The summed E-state index contributed by atoms with van der Waals surface area (Å²) in [5, 5.41) is 11.4. The predicted octanol–water partition coefficient (Wildman–Crippen LogP) is 2.92. The summed E-state index contributed by atoms with van der Waals surface area (Å²) in [5.41, 5.74) is 5.70. The first-order chi connectivity index (χ1) is 8.90. The molecule has 98 valence electrons. The molecule has 1 aromatic heterocycles. The van der Waals surface area contributed by atoms with Gasteiger partial charge in [-0.2, -0.15) is 0 Å². The van der Waals surface area contributed by atoms with Crippen LogP contribution in [0.4, 0.5) is 5.69 Å². The number of aryl methyl sites for hydroxylation is 1. The zero-order valence-electron chi connectivity index (χ0n) is 9.84. The number of carbonyl (C=O) groups is 1. The normalized spacial score (nSPS) is 10.4. The summed E-state index contributed by atoms with van der Waals surface area (Å²) in [6.07, 6.45) is 0. The van der Waals surface area contributed by atoms with E-state index in [9.17, 15) is 14.9 Å². The summed E-state index contributed by atoms with van der Waals surface area (Å²) >= 11 is 5.95. The Kier molecular flexibility index (Phi) is 3.26. The molecule has 6 nitrogen and oxygen atoms in total. The van der Waals surface area contributed by atoms with Crippen LogP contribution in [0.3, 0.4) is 0 Å². The van der Waals surface area contributed by atoms with E-state index in [4.69, 9.17) is 21.8 Å². The zero-order valence-corrected chi connectivity index (χ0v) is 10.6. The first-order valence-corrected chi connectivity index (χ1v) is 5.62. The Hall–Kier alpha value is -2.34. The van der Waals surface area contributed by atoms with Gasteiger partial charge in [-0.1, -0.05) is 11.6 Å². The number of hydrogen-bond acceptors (Lipinski definition) is 4. The van der Waals surface area contributed by atoms with Gasteiger partial charge >= 0.3 is 0 Å². The minimum atomic E-state index is -0.743. The van der Waals surface area contributed by atoms with Crippen LogP contribution < -0.4 is 5.73 Å². The summed E-state index contributed by atoms with van der Waals surface area (Å²) in [7, 11) is 0. The summed E-state index contributed by atoms with van der Waals surface area (Å²) in [6, 6.07) is 5.58. The van der Waals surface area contributed by atoms with Crippen LogP contribution >= 0.6 is 11.6 Å². The van der Waals surface area contributed by atoms with Crippen LogP contribution in [0.1, 0.15) is 16.1 Å². The van der Waals surface area contributed by atoms with Crippen LogP contribution in [0.15, 0.2) is 28.7 Å². The van der Waals surface area contributed by atoms with Gasteiger partial charge in [-0.3, -0.25) is 14.9 Å². The standard InChI is InChI=1S/C12H9ClN2O4/c1-6-4-9(15(17)18)7(5-8(6)13)10-2-3-11(19-10)12(14)16/h2-5H,1H3,(H2,14,16). The number of primary amides is 1. The van der Waals surface area contributed by atoms with Gasteiger partial charge in [0.1, 0.15) is 5.76 Å². The number of carbonyl (C=O) groups excluding carboxylic acids is 1. The van der Waals surface area contributed by atoms with Crippen LogP contribution in [0, 0.1) is 17.0 Å². The van der Waals surface area contributed by atoms with Gasteiger partial charge in [0.25, 0.3) is 11.6 Å². The molecule has 0 spiro atoms. The molecule has 0 unspecified atom stereocenters. The van der Waals surface area contributed by atoms with Gasteiger partial charge in [-0.25, -0.2) is 0 Å². The first kappa shape index (κ1) is 13.1. The van der Waals surface area contributed by atoms with E-state index in [1.807, 2.05) is 0 Å². The lowest BCUT2D eigenvalue weighted by molar-refractivity contribution is -0.384. The van der Waals surface area contributed by atoms with Crippen molar-refractivity contribution < 1.29 is 14.1 Å². The minimum Gasteiger partial charge on any atom is -0.451 e. The highest BCUT2D eigenvalue weighted by molar-refractivity contribution is 6.31. The number of hydrogen-bond donors (Lipinski definition) is 1. The fourth-order valence-corrected chi connectivity index (χ4v) is 1.79. The number of nitro groups is 1. The third kappa shape index (κ3) is 2.43. The molecule has 0 bridgehead atoms. The second-order valence-electron chi connectivity index (χ2n) is 3.90. The average molecular weight is 281 g/mol. The topological polar surface area (TPSA) is 99.4 Å². The van der Waals surface area contributed by atoms with Crippen LogP contribution in [-0.4, -0.2) is 10.8 Å². The van der Waals surface area contributed by atoms with Crippen LogP contribution in [0.2, 0.25) is 5.02 Å². The number of rotatable bonds is 3. The van der Waals surface area contributed by atoms with Crippen molar-refractivity contribution in [3.8, 4) is 11.3 Å². The molecule has 2 aromatic rings. The van der Waals surface area contributed by atoms with Crippen molar-refractivity contribution in [2.24, 2.45) is 5.73 Å². The third-order valence-electron chi connectivity index (χ3n) is 2.59. The Bertz CT molecular complexity index is 678. The Balaban J connectivity index is 2.62. The van der Waals surface area contributed by atoms with Crippen molar-refractivity contribution in [3.05, 3.63) is 50.7 Å². The van der Waals surface area contributed by atoms with E-state index in [1.54, 1.807) is 6.92 Å². The zero-order chi connectivity index (χ0) is 14.2. The lowest BCUT2D eigenvalue weighted by Crippen LogP contribution is -2.09. The largest absolute Gasteiger partial charge is 0.451 e. The van der Waals surface area contributed by atoms with E-state index in [1.165, 1.54) is 24.3 Å². The Labute approximate surface area is 112 Å². The van der Waals surface area contributed by atoms with E-state index >= 15 is 0 Å². The molecule has 0 saturated carbocycles. The van der Waals surface area contributed by atoms with E-state index < -0.39 is 10.8 Å². The maximum Gasteiger partial charge on any atom is 0.284 e. The Morgan fingerprint density at radius 1 is 1.42 bits per heavy atom. The number of amides is 1. The highest BCUT2D eigenvalue weighted by Crippen LogP contribution is 2.35. The monoisotopic (exact) mass is 280 g/mol. The summed E-state index contributed by atoms with van der Waals surface area (Å²) in [5.74, 6) is -0.643. The van der Waals surface area contributed by atoms with Crippen molar-refractivity contribution in [1.29, 1.82) is 0 Å². The Morgan fingerprint density at radius 3 is 2.63 bits per heavy atom.